The Morgan fingerprint density at radius 3 is 2.47 bits per heavy atom. The van der Waals surface area contributed by atoms with Crippen LogP contribution in [0.3, 0.4) is 0 Å². The summed E-state index contributed by atoms with van der Waals surface area (Å²) >= 11 is 3.49. The molecule has 0 aliphatic heterocycles. The first kappa shape index (κ1) is 16.7. The van der Waals surface area contributed by atoms with Gasteiger partial charge < -0.3 is 10.6 Å². The van der Waals surface area contributed by atoms with Crippen LogP contribution in [0.2, 0.25) is 0 Å². The average Bonchev–Trinajstić information content (AvgIpc) is 2.33. The molecule has 2 atom stereocenters. The molecule has 0 saturated carbocycles. The quantitative estimate of drug-likeness (QED) is 0.878. The molecule has 0 aliphatic rings. The van der Waals surface area contributed by atoms with E-state index < -0.39 is 0 Å². The normalized spacial score (nSPS) is 15.6. The van der Waals surface area contributed by atoms with Crippen LogP contribution >= 0.6 is 15.9 Å². The van der Waals surface area contributed by atoms with E-state index >= 15 is 0 Å². The molecule has 0 bridgehead atoms. The van der Waals surface area contributed by atoms with Crippen molar-refractivity contribution in [1.82, 2.24) is 4.90 Å². The van der Waals surface area contributed by atoms with Gasteiger partial charge in [0.25, 0.3) is 0 Å². The number of hydrogen-bond donors (Lipinski definition) is 1. The topological polar surface area (TPSA) is 29.3 Å². The largest absolute Gasteiger partial charge is 0.324 e. The number of rotatable bonds is 5. The van der Waals surface area contributed by atoms with Gasteiger partial charge in [-0.15, -0.1) is 0 Å². The Kier molecular flexibility index (Phi) is 6.03. The Labute approximate surface area is 126 Å². The molecule has 1 rings (SSSR count). The molecular weight excluding hydrogens is 300 g/mol. The van der Waals surface area contributed by atoms with E-state index in [4.69, 9.17) is 5.73 Å². The zero-order chi connectivity index (χ0) is 14.6. The zero-order valence-corrected chi connectivity index (χ0v) is 14.4. The summed E-state index contributed by atoms with van der Waals surface area (Å²) in [7, 11) is 2.18. The van der Waals surface area contributed by atoms with Crippen LogP contribution in [0.15, 0.2) is 28.7 Å². The van der Waals surface area contributed by atoms with Crippen LogP contribution in [0.4, 0.5) is 0 Å². The molecule has 1 aromatic rings. The number of hydrogen-bond acceptors (Lipinski definition) is 2. The first-order valence-corrected chi connectivity index (χ1v) is 7.72. The van der Waals surface area contributed by atoms with Crippen LogP contribution < -0.4 is 5.73 Å². The fraction of sp³-hybridized carbons (Fsp3) is 0.625. The predicted molar refractivity (Wildman–Crippen MR) is 87.2 cm³/mol. The van der Waals surface area contributed by atoms with E-state index in [1.54, 1.807) is 0 Å². The second-order valence-corrected chi connectivity index (χ2v) is 7.39. The van der Waals surface area contributed by atoms with Gasteiger partial charge in [-0.3, -0.25) is 0 Å². The van der Waals surface area contributed by atoms with E-state index in [9.17, 15) is 0 Å². The van der Waals surface area contributed by atoms with Crippen molar-refractivity contribution in [2.45, 2.75) is 46.2 Å². The third-order valence-electron chi connectivity index (χ3n) is 3.98. The molecule has 2 N–H and O–H groups in total. The van der Waals surface area contributed by atoms with Crippen molar-refractivity contribution < 1.29 is 0 Å². The van der Waals surface area contributed by atoms with Gasteiger partial charge in [0.15, 0.2) is 0 Å². The maximum Gasteiger partial charge on any atom is 0.0307 e. The average molecular weight is 327 g/mol. The number of nitrogens with zero attached hydrogens (tertiary/aromatic N) is 1. The van der Waals surface area contributed by atoms with Crippen LogP contribution in [0.5, 0.6) is 0 Å². The number of benzene rings is 1. The first-order chi connectivity index (χ1) is 8.71. The van der Waals surface area contributed by atoms with E-state index in [-0.39, 0.29) is 6.04 Å². The van der Waals surface area contributed by atoms with Gasteiger partial charge in [0.2, 0.25) is 0 Å². The molecule has 0 aromatic heterocycles. The summed E-state index contributed by atoms with van der Waals surface area (Å²) in [6, 6.07) is 8.93. The van der Waals surface area contributed by atoms with Crippen molar-refractivity contribution >= 4 is 15.9 Å². The summed E-state index contributed by atoms with van der Waals surface area (Å²) in [4.78, 5) is 2.40. The molecule has 1 aromatic carbocycles. The second kappa shape index (κ2) is 6.87. The lowest BCUT2D eigenvalue weighted by molar-refractivity contribution is 0.137. The highest BCUT2D eigenvalue weighted by Gasteiger charge is 2.23. The van der Waals surface area contributed by atoms with Crippen molar-refractivity contribution in [3.8, 4) is 0 Å². The summed E-state index contributed by atoms with van der Waals surface area (Å²) in [6.45, 7) is 10.1. The minimum Gasteiger partial charge on any atom is -0.324 e. The second-order valence-electron chi connectivity index (χ2n) is 6.47. The van der Waals surface area contributed by atoms with Crippen molar-refractivity contribution in [2.24, 2.45) is 11.1 Å². The molecule has 108 valence electrons. The minimum absolute atomic E-state index is 0.104. The zero-order valence-electron chi connectivity index (χ0n) is 12.8. The summed E-state index contributed by atoms with van der Waals surface area (Å²) in [5.74, 6) is 0. The van der Waals surface area contributed by atoms with Crippen LogP contribution in [0.1, 0.15) is 45.7 Å². The fourth-order valence-corrected chi connectivity index (χ4v) is 2.52. The van der Waals surface area contributed by atoms with Crippen molar-refractivity contribution in [3.63, 3.8) is 0 Å². The molecule has 19 heavy (non-hydrogen) atoms. The molecule has 0 aliphatic carbocycles. The van der Waals surface area contributed by atoms with Gasteiger partial charge in [0.1, 0.15) is 0 Å². The Morgan fingerprint density at radius 1 is 1.32 bits per heavy atom. The Balaban J connectivity index is 2.53. The van der Waals surface area contributed by atoms with Crippen molar-refractivity contribution in [3.05, 3.63) is 34.3 Å². The summed E-state index contributed by atoms with van der Waals surface area (Å²) in [5, 5.41) is 0. The van der Waals surface area contributed by atoms with E-state index in [0.717, 1.165) is 17.4 Å². The summed E-state index contributed by atoms with van der Waals surface area (Å²) < 4.78 is 1.09. The Hall–Kier alpha value is -0.380. The summed E-state index contributed by atoms with van der Waals surface area (Å²) in [5.41, 5.74) is 7.77. The number of halogens is 1. The van der Waals surface area contributed by atoms with Gasteiger partial charge in [-0.2, -0.15) is 0 Å². The molecule has 0 heterocycles. The van der Waals surface area contributed by atoms with Gasteiger partial charge in [-0.25, -0.2) is 0 Å². The molecule has 0 radical (unpaired) electrons. The van der Waals surface area contributed by atoms with Gasteiger partial charge in [-0.05, 0) is 50.0 Å². The maximum atomic E-state index is 6.27. The highest BCUT2D eigenvalue weighted by molar-refractivity contribution is 9.10. The Bertz CT molecular complexity index is 398. The van der Waals surface area contributed by atoms with Gasteiger partial charge >= 0.3 is 0 Å². The van der Waals surface area contributed by atoms with Crippen LogP contribution in [-0.2, 0) is 0 Å². The lowest BCUT2D eigenvalue weighted by Gasteiger charge is -2.35. The SMILES string of the molecule is CC(N(C)CCC(N)c1cccc(Br)c1)C(C)(C)C. The summed E-state index contributed by atoms with van der Waals surface area (Å²) in [6.07, 6.45) is 0.980. The van der Waals surface area contributed by atoms with Crippen molar-refractivity contribution in [1.29, 1.82) is 0 Å². The van der Waals surface area contributed by atoms with Crippen molar-refractivity contribution in [2.75, 3.05) is 13.6 Å². The highest BCUT2D eigenvalue weighted by Crippen LogP contribution is 2.24. The first-order valence-electron chi connectivity index (χ1n) is 6.93. The molecule has 2 unspecified atom stereocenters. The standard InChI is InChI=1S/C16H27BrN2/c1-12(16(2,3)4)19(5)10-9-15(18)13-7-6-8-14(17)11-13/h6-8,11-12,15H,9-10,18H2,1-5H3. The molecule has 3 heteroatoms. The highest BCUT2D eigenvalue weighted by atomic mass is 79.9. The van der Waals surface area contributed by atoms with Gasteiger partial charge in [0, 0.05) is 16.6 Å². The number of nitrogens with two attached hydrogens (primary N) is 1. The third-order valence-corrected chi connectivity index (χ3v) is 4.48. The lowest BCUT2D eigenvalue weighted by Crippen LogP contribution is -2.40. The maximum absolute atomic E-state index is 6.27. The minimum atomic E-state index is 0.104. The fourth-order valence-electron chi connectivity index (χ4n) is 2.10. The van der Waals surface area contributed by atoms with Gasteiger partial charge in [-0.1, -0.05) is 48.8 Å². The Morgan fingerprint density at radius 2 is 1.95 bits per heavy atom. The molecular formula is C16H27BrN2. The van der Waals surface area contributed by atoms with E-state index in [2.05, 4.69) is 67.7 Å². The molecule has 0 amide bonds. The predicted octanol–water partition coefficient (Wildman–Crippen LogP) is 4.21. The molecule has 2 nitrogen and oxygen atoms in total. The van der Waals surface area contributed by atoms with Crippen LogP contribution in [0, 0.1) is 5.41 Å². The van der Waals surface area contributed by atoms with E-state index in [0.29, 0.717) is 11.5 Å². The van der Waals surface area contributed by atoms with Gasteiger partial charge in [0.05, 0.1) is 0 Å². The smallest absolute Gasteiger partial charge is 0.0307 e. The molecule has 0 spiro atoms. The molecule has 0 fully saturated rings. The van der Waals surface area contributed by atoms with E-state index in [1.165, 1.54) is 5.56 Å². The van der Waals surface area contributed by atoms with Crippen LogP contribution in [-0.4, -0.2) is 24.5 Å². The monoisotopic (exact) mass is 326 g/mol. The lowest BCUT2D eigenvalue weighted by atomic mass is 9.87. The third kappa shape index (κ3) is 5.25. The van der Waals surface area contributed by atoms with E-state index in [1.807, 2.05) is 12.1 Å². The molecule has 0 saturated heterocycles. The van der Waals surface area contributed by atoms with Crippen LogP contribution in [0.25, 0.3) is 0 Å².